The average molecular weight is 341 g/mol. The lowest BCUT2D eigenvalue weighted by Gasteiger charge is -2.18. The van der Waals surface area contributed by atoms with E-state index in [9.17, 15) is 13.2 Å². The molecule has 24 heavy (non-hydrogen) atoms. The molecule has 0 aliphatic heterocycles. The van der Waals surface area contributed by atoms with E-state index >= 15 is 0 Å². The molecule has 0 heterocycles. The van der Waals surface area contributed by atoms with E-state index in [0.717, 1.165) is 0 Å². The van der Waals surface area contributed by atoms with Crippen molar-refractivity contribution in [3.05, 3.63) is 85.5 Å². The van der Waals surface area contributed by atoms with Crippen LogP contribution in [0.3, 0.4) is 0 Å². The zero-order valence-corrected chi connectivity index (χ0v) is 14.0. The summed E-state index contributed by atoms with van der Waals surface area (Å²) in [5.41, 5.74) is 0.570. The molecule has 2 aromatic rings. The summed E-state index contributed by atoms with van der Waals surface area (Å²) in [5, 5.41) is 1.61. The number of hydrogen-bond acceptors (Lipinski definition) is 3. The zero-order chi connectivity index (χ0) is 17.6. The first-order chi connectivity index (χ1) is 11.5. The van der Waals surface area contributed by atoms with Gasteiger partial charge in [0.2, 0.25) is 0 Å². The minimum absolute atomic E-state index is 0.0115. The van der Waals surface area contributed by atoms with E-state index in [1.54, 1.807) is 42.5 Å². The molecule has 1 atom stereocenters. The standard InChI is InChI=1S/C19H19NO3S/c1-3-10-18(24(22,23)17-13-8-5-9-14-17)15(2)19(21)20-16-11-6-4-7-12-16/h3-9,11-14,18H,1-2,10H2,(H,20,21). The number of hydrogen-bond donors (Lipinski definition) is 1. The molecular formula is C19H19NO3S. The second-order valence-electron chi connectivity index (χ2n) is 5.22. The van der Waals surface area contributed by atoms with Gasteiger partial charge < -0.3 is 5.32 Å². The van der Waals surface area contributed by atoms with E-state index in [1.165, 1.54) is 18.2 Å². The molecule has 0 radical (unpaired) electrons. The van der Waals surface area contributed by atoms with Gasteiger partial charge in [0.15, 0.2) is 9.84 Å². The van der Waals surface area contributed by atoms with E-state index in [-0.39, 0.29) is 16.9 Å². The fourth-order valence-corrected chi connectivity index (χ4v) is 4.00. The number of allylic oxidation sites excluding steroid dienone is 1. The molecule has 0 saturated heterocycles. The normalized spacial score (nSPS) is 12.2. The SMILES string of the molecule is C=CCC(C(=C)C(=O)Nc1ccccc1)S(=O)(=O)c1ccccc1. The van der Waals surface area contributed by atoms with Crippen LogP contribution in [0.25, 0.3) is 0 Å². The van der Waals surface area contributed by atoms with Gasteiger partial charge in [-0.15, -0.1) is 6.58 Å². The highest BCUT2D eigenvalue weighted by atomic mass is 32.2. The Hall–Kier alpha value is -2.66. The van der Waals surface area contributed by atoms with Crippen LogP contribution in [-0.4, -0.2) is 19.6 Å². The maximum atomic E-state index is 12.8. The van der Waals surface area contributed by atoms with E-state index in [2.05, 4.69) is 18.5 Å². The van der Waals surface area contributed by atoms with E-state index in [4.69, 9.17) is 0 Å². The van der Waals surface area contributed by atoms with Crippen molar-refractivity contribution in [2.75, 3.05) is 5.32 Å². The van der Waals surface area contributed by atoms with Gasteiger partial charge in [-0.3, -0.25) is 4.79 Å². The Morgan fingerprint density at radius 3 is 2.12 bits per heavy atom. The summed E-state index contributed by atoms with van der Waals surface area (Å²) in [4.78, 5) is 12.6. The van der Waals surface area contributed by atoms with Crippen molar-refractivity contribution in [3.63, 3.8) is 0 Å². The van der Waals surface area contributed by atoms with Crippen molar-refractivity contribution in [1.82, 2.24) is 0 Å². The maximum absolute atomic E-state index is 12.8. The molecule has 0 saturated carbocycles. The Morgan fingerprint density at radius 2 is 1.58 bits per heavy atom. The van der Waals surface area contributed by atoms with Crippen LogP contribution in [0, 0.1) is 0 Å². The summed E-state index contributed by atoms with van der Waals surface area (Å²) >= 11 is 0. The molecule has 2 aromatic carbocycles. The van der Waals surface area contributed by atoms with Crippen molar-refractivity contribution >= 4 is 21.4 Å². The van der Waals surface area contributed by atoms with Crippen LogP contribution in [0.15, 0.2) is 90.4 Å². The highest BCUT2D eigenvalue weighted by molar-refractivity contribution is 7.92. The number of para-hydroxylation sites is 1. The number of nitrogens with one attached hydrogen (secondary N) is 1. The predicted molar refractivity (Wildman–Crippen MR) is 96.4 cm³/mol. The minimum atomic E-state index is -3.73. The minimum Gasteiger partial charge on any atom is -0.322 e. The molecule has 2 rings (SSSR count). The fraction of sp³-hybridized carbons (Fsp3) is 0.105. The Morgan fingerprint density at radius 1 is 1.04 bits per heavy atom. The highest BCUT2D eigenvalue weighted by Crippen LogP contribution is 2.24. The molecule has 5 heteroatoms. The molecular weight excluding hydrogens is 322 g/mol. The molecule has 0 bridgehead atoms. The zero-order valence-electron chi connectivity index (χ0n) is 13.2. The lowest BCUT2D eigenvalue weighted by molar-refractivity contribution is -0.112. The number of anilines is 1. The van der Waals surface area contributed by atoms with Gasteiger partial charge in [-0.05, 0) is 30.7 Å². The van der Waals surface area contributed by atoms with E-state index in [1.807, 2.05) is 6.07 Å². The van der Waals surface area contributed by atoms with Gasteiger partial charge in [0.25, 0.3) is 5.91 Å². The Bertz CT molecular complexity index is 827. The van der Waals surface area contributed by atoms with Crippen LogP contribution in [0.4, 0.5) is 5.69 Å². The summed E-state index contributed by atoms with van der Waals surface area (Å²) < 4.78 is 25.7. The Balaban J connectivity index is 2.28. The van der Waals surface area contributed by atoms with Crippen LogP contribution in [-0.2, 0) is 14.6 Å². The molecule has 124 valence electrons. The molecule has 0 aliphatic rings. The Kier molecular flexibility index (Phi) is 5.71. The molecule has 1 unspecified atom stereocenters. The van der Waals surface area contributed by atoms with Crippen LogP contribution >= 0.6 is 0 Å². The third-order valence-electron chi connectivity index (χ3n) is 3.54. The summed E-state index contributed by atoms with van der Waals surface area (Å²) in [6, 6.07) is 16.9. The van der Waals surface area contributed by atoms with Crippen molar-refractivity contribution < 1.29 is 13.2 Å². The monoisotopic (exact) mass is 341 g/mol. The van der Waals surface area contributed by atoms with Crippen LogP contribution in [0.5, 0.6) is 0 Å². The van der Waals surface area contributed by atoms with Crippen LogP contribution in [0.1, 0.15) is 6.42 Å². The molecule has 1 amide bonds. The molecule has 0 fully saturated rings. The molecule has 1 N–H and O–H groups in total. The number of carbonyl (C=O) groups is 1. The first kappa shape index (κ1) is 17.7. The lowest BCUT2D eigenvalue weighted by atomic mass is 10.1. The quantitative estimate of drug-likeness (QED) is 0.618. The van der Waals surface area contributed by atoms with Gasteiger partial charge in [-0.25, -0.2) is 8.42 Å². The first-order valence-corrected chi connectivity index (χ1v) is 8.96. The first-order valence-electron chi connectivity index (χ1n) is 7.42. The van der Waals surface area contributed by atoms with Crippen LogP contribution in [0.2, 0.25) is 0 Å². The van der Waals surface area contributed by atoms with E-state index in [0.29, 0.717) is 5.69 Å². The molecule has 0 spiro atoms. The number of benzene rings is 2. The summed E-state index contributed by atoms with van der Waals surface area (Å²) in [6.45, 7) is 7.32. The second-order valence-corrected chi connectivity index (χ2v) is 7.35. The Labute approximate surface area is 142 Å². The lowest BCUT2D eigenvalue weighted by Crippen LogP contribution is -2.30. The topological polar surface area (TPSA) is 63.2 Å². The summed E-state index contributed by atoms with van der Waals surface area (Å²) in [5.74, 6) is -0.521. The third-order valence-corrected chi connectivity index (χ3v) is 5.69. The van der Waals surface area contributed by atoms with E-state index < -0.39 is 21.0 Å². The third kappa shape index (κ3) is 4.00. The number of amides is 1. The molecule has 0 aliphatic carbocycles. The molecule has 0 aromatic heterocycles. The number of rotatable bonds is 7. The summed E-state index contributed by atoms with van der Waals surface area (Å²) in [6.07, 6.45) is 1.59. The van der Waals surface area contributed by atoms with Crippen molar-refractivity contribution in [3.8, 4) is 0 Å². The van der Waals surface area contributed by atoms with Crippen LogP contribution < -0.4 is 5.32 Å². The van der Waals surface area contributed by atoms with Gasteiger partial charge in [-0.2, -0.15) is 0 Å². The second kappa shape index (κ2) is 7.75. The fourth-order valence-electron chi connectivity index (χ4n) is 2.26. The van der Waals surface area contributed by atoms with Gasteiger partial charge in [0, 0.05) is 11.3 Å². The van der Waals surface area contributed by atoms with Crippen molar-refractivity contribution in [1.29, 1.82) is 0 Å². The predicted octanol–water partition coefficient (Wildman–Crippen LogP) is 3.60. The largest absolute Gasteiger partial charge is 0.322 e. The maximum Gasteiger partial charge on any atom is 0.252 e. The number of carbonyl (C=O) groups excluding carboxylic acids is 1. The van der Waals surface area contributed by atoms with Crippen molar-refractivity contribution in [2.45, 2.75) is 16.6 Å². The number of sulfone groups is 1. The smallest absolute Gasteiger partial charge is 0.252 e. The van der Waals surface area contributed by atoms with Gasteiger partial charge >= 0.3 is 0 Å². The average Bonchev–Trinajstić information content (AvgIpc) is 2.60. The van der Waals surface area contributed by atoms with Gasteiger partial charge in [-0.1, -0.05) is 49.1 Å². The van der Waals surface area contributed by atoms with Crippen molar-refractivity contribution in [2.24, 2.45) is 0 Å². The molecule has 4 nitrogen and oxygen atoms in total. The van der Waals surface area contributed by atoms with Gasteiger partial charge in [0.05, 0.1) is 10.1 Å². The van der Waals surface area contributed by atoms with Gasteiger partial charge in [0.1, 0.15) is 0 Å². The highest BCUT2D eigenvalue weighted by Gasteiger charge is 2.32. The summed E-state index contributed by atoms with van der Waals surface area (Å²) in [7, 11) is -3.73.